The van der Waals surface area contributed by atoms with Crippen molar-refractivity contribution >= 4 is 33.9 Å². The van der Waals surface area contributed by atoms with E-state index in [1.54, 1.807) is 0 Å². The molecule has 31 heavy (non-hydrogen) atoms. The van der Waals surface area contributed by atoms with E-state index in [1.807, 2.05) is 30.3 Å². The fourth-order valence-electron chi connectivity index (χ4n) is 4.62. The van der Waals surface area contributed by atoms with Gasteiger partial charge in [-0.15, -0.1) is 11.3 Å². The highest BCUT2D eigenvalue weighted by atomic mass is 32.1. The first kappa shape index (κ1) is 21.7. The number of rotatable bonds is 7. The van der Waals surface area contributed by atoms with Crippen molar-refractivity contribution in [2.75, 3.05) is 25.0 Å². The number of nitrogens with zero attached hydrogens (tertiary/aromatic N) is 1. The summed E-state index contributed by atoms with van der Waals surface area (Å²) in [5, 5.41) is 3.54. The van der Waals surface area contributed by atoms with Gasteiger partial charge in [0.15, 0.2) is 5.78 Å². The number of carbonyl (C=O) groups is 3. The zero-order valence-electron chi connectivity index (χ0n) is 17.7. The third-order valence-corrected chi connectivity index (χ3v) is 7.55. The highest BCUT2D eigenvalue weighted by molar-refractivity contribution is 7.17. The van der Waals surface area contributed by atoms with Crippen LogP contribution in [0.4, 0.5) is 5.00 Å². The van der Waals surface area contributed by atoms with Crippen LogP contribution in [0.5, 0.6) is 0 Å². The molecule has 0 bridgehead atoms. The number of carbonyl (C=O) groups excluding carboxylic acids is 3. The molecule has 2 amide bonds. The van der Waals surface area contributed by atoms with Crippen LogP contribution < -0.4 is 11.1 Å². The van der Waals surface area contributed by atoms with Gasteiger partial charge >= 0.3 is 0 Å². The van der Waals surface area contributed by atoms with Crippen molar-refractivity contribution in [2.24, 2.45) is 11.7 Å². The molecule has 0 radical (unpaired) electrons. The van der Waals surface area contributed by atoms with Crippen LogP contribution in [0.25, 0.3) is 0 Å². The minimum Gasteiger partial charge on any atom is -0.365 e. The Bertz CT molecular complexity index is 962. The van der Waals surface area contributed by atoms with Gasteiger partial charge in [0.05, 0.1) is 5.56 Å². The molecule has 0 saturated carbocycles. The van der Waals surface area contributed by atoms with Crippen molar-refractivity contribution in [2.45, 2.75) is 44.9 Å². The maximum Gasteiger partial charge on any atom is 0.251 e. The minimum atomic E-state index is -0.458. The van der Waals surface area contributed by atoms with Crippen molar-refractivity contribution < 1.29 is 14.4 Å². The summed E-state index contributed by atoms with van der Waals surface area (Å²) in [4.78, 5) is 40.6. The zero-order valence-corrected chi connectivity index (χ0v) is 18.5. The second-order valence-corrected chi connectivity index (χ2v) is 9.53. The van der Waals surface area contributed by atoms with Crippen LogP contribution in [-0.2, 0) is 17.6 Å². The lowest BCUT2D eigenvalue weighted by Gasteiger charge is -2.31. The van der Waals surface area contributed by atoms with Crippen LogP contribution >= 0.6 is 11.3 Å². The zero-order chi connectivity index (χ0) is 21.8. The molecule has 2 heterocycles. The van der Waals surface area contributed by atoms with E-state index in [1.165, 1.54) is 16.2 Å². The third-order valence-electron chi connectivity index (χ3n) is 6.34. The van der Waals surface area contributed by atoms with Gasteiger partial charge in [0.1, 0.15) is 5.00 Å². The van der Waals surface area contributed by atoms with Crippen LogP contribution in [0.15, 0.2) is 30.3 Å². The molecule has 1 aliphatic heterocycles. The van der Waals surface area contributed by atoms with Gasteiger partial charge in [0, 0.05) is 29.3 Å². The van der Waals surface area contributed by atoms with Crippen LogP contribution in [0, 0.1) is 5.92 Å². The summed E-state index contributed by atoms with van der Waals surface area (Å²) in [6, 6.07) is 9.47. The van der Waals surface area contributed by atoms with E-state index in [0.717, 1.165) is 62.7 Å². The number of likely N-dealkylation sites (tertiary alicyclic amines) is 1. The number of piperidine rings is 1. The molecule has 1 aliphatic carbocycles. The number of thiophene rings is 1. The summed E-state index contributed by atoms with van der Waals surface area (Å²) < 4.78 is 0. The van der Waals surface area contributed by atoms with E-state index < -0.39 is 5.91 Å². The van der Waals surface area contributed by atoms with Crippen LogP contribution in [-0.4, -0.2) is 42.1 Å². The Morgan fingerprint density at radius 3 is 2.48 bits per heavy atom. The van der Waals surface area contributed by atoms with Crippen molar-refractivity contribution in [3.63, 3.8) is 0 Å². The summed E-state index contributed by atoms with van der Waals surface area (Å²) in [5.74, 6) is -0.273. The number of primary amides is 1. The van der Waals surface area contributed by atoms with Gasteiger partial charge in [-0.3, -0.25) is 14.4 Å². The Morgan fingerprint density at radius 2 is 1.77 bits per heavy atom. The van der Waals surface area contributed by atoms with Gasteiger partial charge in [0.2, 0.25) is 5.91 Å². The largest absolute Gasteiger partial charge is 0.365 e. The molecule has 4 rings (SSSR count). The maximum absolute atomic E-state index is 12.6. The fourth-order valence-corrected chi connectivity index (χ4v) is 5.93. The van der Waals surface area contributed by atoms with Crippen molar-refractivity contribution in [1.29, 1.82) is 0 Å². The van der Waals surface area contributed by atoms with Crippen molar-refractivity contribution in [3.05, 3.63) is 51.9 Å². The molecule has 0 unspecified atom stereocenters. The third kappa shape index (κ3) is 5.05. The van der Waals surface area contributed by atoms with Crippen LogP contribution in [0.2, 0.25) is 0 Å². The quantitative estimate of drug-likeness (QED) is 0.644. The second kappa shape index (κ2) is 9.75. The first-order chi connectivity index (χ1) is 15.0. The number of hydrogen-bond acceptors (Lipinski definition) is 5. The number of aryl methyl sites for hydroxylation is 1. The first-order valence-electron chi connectivity index (χ1n) is 11.1. The molecule has 1 aromatic carbocycles. The molecule has 164 valence electrons. The number of fused-ring (bicyclic) bond motifs is 1. The summed E-state index contributed by atoms with van der Waals surface area (Å²) in [5.41, 5.74) is 7.93. The van der Waals surface area contributed by atoms with E-state index in [0.29, 0.717) is 23.5 Å². The molecule has 2 aliphatic rings. The Labute approximate surface area is 186 Å². The Balaban J connectivity index is 1.27. The number of benzene rings is 1. The molecule has 1 aromatic heterocycles. The minimum absolute atomic E-state index is 0.0584. The molecule has 6 nitrogen and oxygen atoms in total. The lowest BCUT2D eigenvalue weighted by atomic mass is 9.89. The number of Topliss-reactive ketones (excluding diaryl/α,β-unsaturated/α-hetero) is 1. The number of anilines is 1. The highest BCUT2D eigenvalue weighted by Gasteiger charge is 2.27. The van der Waals surface area contributed by atoms with Crippen molar-refractivity contribution in [1.82, 2.24) is 4.90 Å². The molecular weight excluding hydrogens is 410 g/mol. The Kier molecular flexibility index (Phi) is 6.83. The SMILES string of the molecule is NC(=O)c1c(NC(=O)CCN2CCC(C(=O)c3ccccc3)CC2)sc2c1CCCC2. The molecule has 7 heteroatoms. The molecule has 2 aromatic rings. The monoisotopic (exact) mass is 439 g/mol. The molecule has 0 atom stereocenters. The second-order valence-electron chi connectivity index (χ2n) is 8.42. The number of hydrogen-bond donors (Lipinski definition) is 2. The normalized spacial score (nSPS) is 17.2. The molecule has 3 N–H and O–H groups in total. The van der Waals surface area contributed by atoms with Gasteiger partial charge in [-0.05, 0) is 57.2 Å². The first-order valence-corrected chi connectivity index (χ1v) is 11.9. The van der Waals surface area contributed by atoms with Crippen molar-refractivity contribution in [3.8, 4) is 0 Å². The van der Waals surface area contributed by atoms with Gasteiger partial charge in [0.25, 0.3) is 5.91 Å². The predicted octanol–water partition coefficient (Wildman–Crippen LogP) is 3.65. The smallest absolute Gasteiger partial charge is 0.251 e. The fraction of sp³-hybridized carbons (Fsp3) is 0.458. The number of nitrogens with two attached hydrogens (primary N) is 1. The summed E-state index contributed by atoms with van der Waals surface area (Å²) in [6.45, 7) is 2.28. The van der Waals surface area contributed by atoms with Gasteiger partial charge in [-0.2, -0.15) is 0 Å². The van der Waals surface area contributed by atoms with E-state index in [-0.39, 0.29) is 17.6 Å². The highest BCUT2D eigenvalue weighted by Crippen LogP contribution is 2.38. The molecular formula is C24H29N3O3S. The summed E-state index contributed by atoms with van der Waals surface area (Å²) >= 11 is 1.50. The molecule has 1 fully saturated rings. The Hall–Kier alpha value is -2.51. The van der Waals surface area contributed by atoms with Gasteiger partial charge < -0.3 is 16.0 Å². The van der Waals surface area contributed by atoms with Gasteiger partial charge in [-0.1, -0.05) is 30.3 Å². The van der Waals surface area contributed by atoms with Gasteiger partial charge in [-0.25, -0.2) is 0 Å². The van der Waals surface area contributed by atoms with E-state index in [9.17, 15) is 14.4 Å². The molecule has 1 saturated heterocycles. The number of nitrogens with one attached hydrogen (secondary N) is 1. The lowest BCUT2D eigenvalue weighted by Crippen LogP contribution is -2.38. The van der Waals surface area contributed by atoms with Crippen LogP contribution in [0.1, 0.15) is 63.3 Å². The maximum atomic E-state index is 12.6. The van der Waals surface area contributed by atoms with E-state index >= 15 is 0 Å². The average Bonchev–Trinajstić information content (AvgIpc) is 3.16. The topological polar surface area (TPSA) is 92.5 Å². The van der Waals surface area contributed by atoms with E-state index in [2.05, 4.69) is 10.2 Å². The molecule has 0 spiro atoms. The van der Waals surface area contributed by atoms with Crippen LogP contribution in [0.3, 0.4) is 0 Å². The lowest BCUT2D eigenvalue weighted by molar-refractivity contribution is -0.116. The summed E-state index contributed by atoms with van der Waals surface area (Å²) in [7, 11) is 0. The van der Waals surface area contributed by atoms with E-state index in [4.69, 9.17) is 5.73 Å². The summed E-state index contributed by atoms with van der Waals surface area (Å²) in [6.07, 6.45) is 5.97. The average molecular weight is 440 g/mol. The predicted molar refractivity (Wildman–Crippen MR) is 123 cm³/mol. The number of ketones is 1. The Morgan fingerprint density at radius 1 is 1.06 bits per heavy atom. The number of amides is 2. The standard InChI is InChI=1S/C24H29N3O3S/c25-23(30)21-18-8-4-5-9-19(18)31-24(21)26-20(28)12-15-27-13-10-17(11-14-27)22(29)16-6-2-1-3-7-16/h1-3,6-7,17H,4-5,8-15H2,(H2,25,30)(H,26,28).